The molecule has 0 saturated heterocycles. The second-order valence-electron chi connectivity index (χ2n) is 5.66. The molecule has 0 radical (unpaired) electrons. The number of halogens is 1. The lowest BCUT2D eigenvalue weighted by Crippen LogP contribution is -2.14. The summed E-state index contributed by atoms with van der Waals surface area (Å²) >= 11 is 3.43. The smallest absolute Gasteiger partial charge is 0.229 e. The lowest BCUT2D eigenvalue weighted by molar-refractivity contribution is 0.346. The van der Waals surface area contributed by atoms with Crippen LogP contribution in [0.25, 0.3) is 0 Å². The molecule has 0 aliphatic rings. The summed E-state index contributed by atoms with van der Waals surface area (Å²) < 4.78 is 6.45. The van der Waals surface area contributed by atoms with Crippen molar-refractivity contribution in [3.8, 4) is 0 Å². The van der Waals surface area contributed by atoms with Crippen LogP contribution in [-0.2, 0) is 6.42 Å². The zero-order chi connectivity index (χ0) is 15.2. The highest BCUT2D eigenvalue weighted by Crippen LogP contribution is 2.21. The molecule has 1 aromatic carbocycles. The molecule has 0 spiro atoms. The SMILES string of the molecule is CC(N)CCCC(C)c1nc(Cc2ccc(Br)cc2)no1. The van der Waals surface area contributed by atoms with Gasteiger partial charge in [-0.15, -0.1) is 0 Å². The normalized spacial score (nSPS) is 14.1. The van der Waals surface area contributed by atoms with Gasteiger partial charge in [-0.3, -0.25) is 0 Å². The minimum Gasteiger partial charge on any atom is -0.339 e. The van der Waals surface area contributed by atoms with Crippen LogP contribution in [0.3, 0.4) is 0 Å². The van der Waals surface area contributed by atoms with E-state index in [9.17, 15) is 0 Å². The Hall–Kier alpha value is -1.20. The molecule has 0 saturated carbocycles. The highest BCUT2D eigenvalue weighted by Gasteiger charge is 2.14. The van der Waals surface area contributed by atoms with Crippen molar-refractivity contribution in [2.24, 2.45) is 5.73 Å². The fraction of sp³-hybridized carbons (Fsp3) is 0.500. The zero-order valence-corrected chi connectivity index (χ0v) is 14.1. The van der Waals surface area contributed by atoms with Crippen LogP contribution in [0.15, 0.2) is 33.3 Å². The lowest BCUT2D eigenvalue weighted by atomic mass is 10.0. The summed E-state index contributed by atoms with van der Waals surface area (Å²) in [5.41, 5.74) is 6.94. The number of rotatable bonds is 7. The minimum atomic E-state index is 0.257. The van der Waals surface area contributed by atoms with E-state index < -0.39 is 0 Å². The monoisotopic (exact) mass is 351 g/mol. The van der Waals surface area contributed by atoms with E-state index in [0.717, 1.165) is 35.5 Å². The third kappa shape index (κ3) is 5.25. The van der Waals surface area contributed by atoms with Gasteiger partial charge in [0.2, 0.25) is 5.89 Å². The van der Waals surface area contributed by atoms with Crippen LogP contribution in [0.2, 0.25) is 0 Å². The highest BCUT2D eigenvalue weighted by atomic mass is 79.9. The first-order valence-electron chi connectivity index (χ1n) is 7.37. The van der Waals surface area contributed by atoms with Gasteiger partial charge in [-0.1, -0.05) is 46.6 Å². The quantitative estimate of drug-likeness (QED) is 0.817. The van der Waals surface area contributed by atoms with Crippen LogP contribution in [0.4, 0.5) is 0 Å². The van der Waals surface area contributed by atoms with Gasteiger partial charge >= 0.3 is 0 Å². The van der Waals surface area contributed by atoms with Gasteiger partial charge in [0.1, 0.15) is 0 Å². The number of hydrogen-bond donors (Lipinski definition) is 1. The van der Waals surface area contributed by atoms with Crippen LogP contribution < -0.4 is 5.73 Å². The molecule has 0 bridgehead atoms. The van der Waals surface area contributed by atoms with E-state index in [2.05, 4.69) is 45.1 Å². The predicted molar refractivity (Wildman–Crippen MR) is 87.2 cm³/mol. The molecule has 0 aliphatic carbocycles. The van der Waals surface area contributed by atoms with Gasteiger partial charge in [0.05, 0.1) is 0 Å². The average molecular weight is 352 g/mol. The first-order chi connectivity index (χ1) is 10.0. The Morgan fingerprint density at radius 2 is 1.90 bits per heavy atom. The van der Waals surface area contributed by atoms with E-state index in [1.54, 1.807) is 0 Å². The van der Waals surface area contributed by atoms with Gasteiger partial charge in [0, 0.05) is 22.9 Å². The van der Waals surface area contributed by atoms with E-state index in [4.69, 9.17) is 10.3 Å². The first-order valence-corrected chi connectivity index (χ1v) is 8.16. The Labute approximate surface area is 134 Å². The molecule has 0 amide bonds. The summed E-state index contributed by atoms with van der Waals surface area (Å²) in [6.45, 7) is 4.16. The van der Waals surface area contributed by atoms with E-state index in [0.29, 0.717) is 6.42 Å². The molecule has 1 heterocycles. The van der Waals surface area contributed by atoms with Gasteiger partial charge < -0.3 is 10.3 Å². The standard InChI is InChI=1S/C16H22BrN3O/c1-11(4-3-5-12(2)18)16-19-15(20-21-16)10-13-6-8-14(17)9-7-13/h6-9,11-12H,3-5,10,18H2,1-2H3. The van der Waals surface area contributed by atoms with Crippen molar-refractivity contribution >= 4 is 15.9 Å². The van der Waals surface area contributed by atoms with Crippen molar-refractivity contribution in [1.82, 2.24) is 10.1 Å². The van der Waals surface area contributed by atoms with E-state index in [1.807, 2.05) is 19.1 Å². The van der Waals surface area contributed by atoms with Crippen molar-refractivity contribution in [2.75, 3.05) is 0 Å². The van der Waals surface area contributed by atoms with Gasteiger partial charge in [-0.25, -0.2) is 0 Å². The molecule has 114 valence electrons. The maximum absolute atomic E-state index is 5.76. The largest absolute Gasteiger partial charge is 0.339 e. The molecule has 2 unspecified atom stereocenters. The molecular weight excluding hydrogens is 330 g/mol. The van der Waals surface area contributed by atoms with Crippen molar-refractivity contribution in [1.29, 1.82) is 0 Å². The van der Waals surface area contributed by atoms with Crippen molar-refractivity contribution in [3.63, 3.8) is 0 Å². The molecular formula is C16H22BrN3O. The predicted octanol–water partition coefficient (Wildman–Crippen LogP) is 4.04. The molecule has 2 aromatic rings. The van der Waals surface area contributed by atoms with Gasteiger partial charge in [0.15, 0.2) is 5.82 Å². The second-order valence-corrected chi connectivity index (χ2v) is 6.58. The fourth-order valence-corrected chi connectivity index (χ4v) is 2.46. The molecule has 0 fully saturated rings. The molecule has 5 heteroatoms. The van der Waals surface area contributed by atoms with Crippen LogP contribution in [0.1, 0.15) is 56.3 Å². The van der Waals surface area contributed by atoms with Crippen molar-refractivity contribution < 1.29 is 4.52 Å². The van der Waals surface area contributed by atoms with Crippen molar-refractivity contribution in [2.45, 2.75) is 51.5 Å². The second kappa shape index (κ2) is 7.71. The number of nitrogens with two attached hydrogens (primary N) is 1. The molecule has 2 rings (SSSR count). The molecule has 2 atom stereocenters. The number of benzene rings is 1. The topological polar surface area (TPSA) is 64.9 Å². The zero-order valence-electron chi connectivity index (χ0n) is 12.6. The summed E-state index contributed by atoms with van der Waals surface area (Å²) in [7, 11) is 0. The van der Waals surface area contributed by atoms with Crippen LogP contribution in [0, 0.1) is 0 Å². The van der Waals surface area contributed by atoms with Gasteiger partial charge in [0.25, 0.3) is 0 Å². The number of nitrogens with zero attached hydrogens (tertiary/aromatic N) is 2. The summed E-state index contributed by atoms with van der Waals surface area (Å²) in [6.07, 6.45) is 3.85. The molecule has 2 N–H and O–H groups in total. The third-order valence-corrected chi connectivity index (χ3v) is 4.01. The van der Waals surface area contributed by atoms with Crippen LogP contribution in [0.5, 0.6) is 0 Å². The molecule has 1 aromatic heterocycles. The Morgan fingerprint density at radius 3 is 2.57 bits per heavy atom. The van der Waals surface area contributed by atoms with E-state index in [1.165, 1.54) is 5.56 Å². The number of hydrogen-bond acceptors (Lipinski definition) is 4. The van der Waals surface area contributed by atoms with E-state index in [-0.39, 0.29) is 12.0 Å². The van der Waals surface area contributed by atoms with E-state index >= 15 is 0 Å². The molecule has 4 nitrogen and oxygen atoms in total. The summed E-state index contributed by atoms with van der Waals surface area (Å²) in [6, 6.07) is 8.42. The Morgan fingerprint density at radius 1 is 1.19 bits per heavy atom. The minimum absolute atomic E-state index is 0.257. The molecule has 0 aliphatic heterocycles. The maximum Gasteiger partial charge on any atom is 0.229 e. The average Bonchev–Trinajstić information content (AvgIpc) is 2.89. The summed E-state index contributed by atoms with van der Waals surface area (Å²) in [5, 5.41) is 4.08. The Kier molecular flexibility index (Phi) is 5.94. The Balaban J connectivity index is 1.89. The third-order valence-electron chi connectivity index (χ3n) is 3.48. The van der Waals surface area contributed by atoms with Crippen LogP contribution >= 0.6 is 15.9 Å². The highest BCUT2D eigenvalue weighted by molar-refractivity contribution is 9.10. The maximum atomic E-state index is 5.76. The van der Waals surface area contributed by atoms with Crippen LogP contribution in [-0.4, -0.2) is 16.2 Å². The summed E-state index contributed by atoms with van der Waals surface area (Å²) in [4.78, 5) is 4.50. The molecule has 21 heavy (non-hydrogen) atoms. The first kappa shape index (κ1) is 16.2. The lowest BCUT2D eigenvalue weighted by Gasteiger charge is -2.07. The number of aromatic nitrogens is 2. The van der Waals surface area contributed by atoms with Crippen molar-refractivity contribution in [3.05, 3.63) is 46.0 Å². The van der Waals surface area contributed by atoms with Gasteiger partial charge in [-0.2, -0.15) is 4.98 Å². The van der Waals surface area contributed by atoms with Gasteiger partial charge in [-0.05, 0) is 37.5 Å². The fourth-order valence-electron chi connectivity index (χ4n) is 2.19. The Bertz CT molecular complexity index is 551. The summed E-state index contributed by atoms with van der Waals surface area (Å²) in [5.74, 6) is 1.76.